The van der Waals surface area contributed by atoms with Gasteiger partial charge in [0.25, 0.3) is 5.91 Å². The fourth-order valence-electron chi connectivity index (χ4n) is 3.83. The molecule has 4 heteroatoms. The number of ether oxygens (including phenoxy) is 1. The summed E-state index contributed by atoms with van der Waals surface area (Å²) in [6.45, 7) is 2.21. The molecule has 0 bridgehead atoms. The largest absolute Gasteiger partial charge is 0.497 e. The molecular weight excluding hydrogens is 266 g/mol. The average molecular weight is 289 g/mol. The van der Waals surface area contributed by atoms with E-state index in [1.165, 1.54) is 6.42 Å². The minimum Gasteiger partial charge on any atom is -0.497 e. The number of nitrogens with zero attached hydrogens (tertiary/aromatic N) is 1. The number of methoxy groups -OCH3 is 1. The van der Waals surface area contributed by atoms with Crippen molar-refractivity contribution < 1.29 is 14.6 Å². The molecule has 2 fully saturated rings. The van der Waals surface area contributed by atoms with Crippen molar-refractivity contribution in [2.75, 3.05) is 12.0 Å². The number of rotatable bonds is 3. The van der Waals surface area contributed by atoms with Crippen molar-refractivity contribution in [1.29, 1.82) is 0 Å². The second-order valence-electron chi connectivity index (χ2n) is 6.23. The molecule has 0 aromatic heterocycles. The van der Waals surface area contributed by atoms with Crippen molar-refractivity contribution in [3.8, 4) is 5.75 Å². The number of anilines is 1. The van der Waals surface area contributed by atoms with Crippen molar-refractivity contribution in [1.82, 2.24) is 0 Å². The SMILES string of the molecule is CCC1CCC2(CC1)[C@H](O)C(=O)N2c1ccc(OC)cc1. The van der Waals surface area contributed by atoms with Gasteiger partial charge in [0.1, 0.15) is 5.75 Å². The van der Waals surface area contributed by atoms with E-state index in [1.54, 1.807) is 7.11 Å². The maximum absolute atomic E-state index is 12.2. The number of β-lactam (4-membered cyclic amide) rings is 1. The smallest absolute Gasteiger partial charge is 0.258 e. The van der Waals surface area contributed by atoms with Crippen LogP contribution in [0.5, 0.6) is 5.75 Å². The lowest BCUT2D eigenvalue weighted by atomic mass is 9.66. The van der Waals surface area contributed by atoms with Gasteiger partial charge in [0.15, 0.2) is 6.10 Å². The Morgan fingerprint density at radius 2 is 1.90 bits per heavy atom. The molecule has 21 heavy (non-hydrogen) atoms. The van der Waals surface area contributed by atoms with Crippen molar-refractivity contribution in [2.45, 2.75) is 50.7 Å². The van der Waals surface area contributed by atoms with Gasteiger partial charge >= 0.3 is 0 Å². The first-order valence-electron chi connectivity index (χ1n) is 7.78. The highest BCUT2D eigenvalue weighted by molar-refractivity contribution is 6.06. The molecule has 1 aliphatic heterocycles. The van der Waals surface area contributed by atoms with Crippen LogP contribution in [0, 0.1) is 5.92 Å². The molecule has 1 atom stereocenters. The Hall–Kier alpha value is -1.55. The van der Waals surface area contributed by atoms with Crippen LogP contribution in [0.25, 0.3) is 0 Å². The number of amides is 1. The predicted molar refractivity (Wildman–Crippen MR) is 81.5 cm³/mol. The number of carbonyl (C=O) groups excluding carboxylic acids is 1. The number of aliphatic hydroxyl groups is 1. The molecule has 0 radical (unpaired) electrons. The average Bonchev–Trinajstić information content (AvgIpc) is 2.55. The van der Waals surface area contributed by atoms with E-state index in [-0.39, 0.29) is 11.4 Å². The molecule has 2 aliphatic rings. The topological polar surface area (TPSA) is 49.8 Å². The van der Waals surface area contributed by atoms with E-state index in [1.807, 2.05) is 29.2 Å². The Bertz CT molecular complexity index is 517. The third-order valence-electron chi connectivity index (χ3n) is 5.29. The van der Waals surface area contributed by atoms with Crippen LogP contribution in [0.1, 0.15) is 39.0 Å². The Morgan fingerprint density at radius 1 is 1.29 bits per heavy atom. The normalized spacial score (nSPS) is 32.1. The van der Waals surface area contributed by atoms with Gasteiger partial charge in [0.05, 0.1) is 12.6 Å². The first kappa shape index (κ1) is 14.4. The molecule has 1 saturated heterocycles. The second-order valence-corrected chi connectivity index (χ2v) is 6.23. The Kier molecular flexibility index (Phi) is 3.66. The van der Waals surface area contributed by atoms with Crippen molar-refractivity contribution in [3.05, 3.63) is 24.3 Å². The molecule has 1 aromatic carbocycles. The summed E-state index contributed by atoms with van der Waals surface area (Å²) in [5.74, 6) is 1.34. The zero-order valence-electron chi connectivity index (χ0n) is 12.7. The molecule has 1 heterocycles. The van der Waals surface area contributed by atoms with Crippen LogP contribution in [0.15, 0.2) is 24.3 Å². The molecule has 1 N–H and O–H groups in total. The number of hydrogen-bond acceptors (Lipinski definition) is 3. The summed E-state index contributed by atoms with van der Waals surface area (Å²) >= 11 is 0. The van der Waals surface area contributed by atoms with Crippen LogP contribution >= 0.6 is 0 Å². The van der Waals surface area contributed by atoms with Crippen LogP contribution < -0.4 is 9.64 Å². The van der Waals surface area contributed by atoms with Crippen molar-refractivity contribution >= 4 is 11.6 Å². The molecule has 1 spiro atoms. The summed E-state index contributed by atoms with van der Waals surface area (Å²) in [7, 11) is 1.63. The van der Waals surface area contributed by atoms with E-state index in [4.69, 9.17) is 4.74 Å². The monoisotopic (exact) mass is 289 g/mol. The maximum atomic E-state index is 12.2. The van der Waals surface area contributed by atoms with Crippen LogP contribution in [0.2, 0.25) is 0 Å². The van der Waals surface area contributed by atoms with E-state index >= 15 is 0 Å². The standard InChI is InChI=1S/C17H23NO3/c1-3-12-8-10-17(11-9-12)15(19)16(20)18(17)13-4-6-14(21-2)7-5-13/h4-7,12,15,19H,3,8-11H2,1-2H3/t12?,15-,17?/m1/s1. The second kappa shape index (κ2) is 5.34. The quantitative estimate of drug-likeness (QED) is 0.870. The third-order valence-corrected chi connectivity index (χ3v) is 5.29. The lowest BCUT2D eigenvalue weighted by molar-refractivity contribution is -0.146. The highest BCUT2D eigenvalue weighted by Gasteiger charge is 2.60. The van der Waals surface area contributed by atoms with Gasteiger partial charge in [-0.15, -0.1) is 0 Å². The zero-order valence-corrected chi connectivity index (χ0v) is 12.7. The van der Waals surface area contributed by atoms with Gasteiger partial charge in [-0.1, -0.05) is 13.3 Å². The van der Waals surface area contributed by atoms with Crippen molar-refractivity contribution in [2.24, 2.45) is 5.92 Å². The summed E-state index contributed by atoms with van der Waals surface area (Å²) in [5.41, 5.74) is 0.484. The molecule has 4 nitrogen and oxygen atoms in total. The summed E-state index contributed by atoms with van der Waals surface area (Å²) in [4.78, 5) is 14.0. The van der Waals surface area contributed by atoms with Gasteiger partial charge in [-0.2, -0.15) is 0 Å². The fourth-order valence-corrected chi connectivity index (χ4v) is 3.83. The van der Waals surface area contributed by atoms with Crippen LogP contribution in [-0.2, 0) is 4.79 Å². The first-order valence-corrected chi connectivity index (χ1v) is 7.78. The van der Waals surface area contributed by atoms with Gasteiger partial charge in [-0.05, 0) is 55.9 Å². The summed E-state index contributed by atoms with van der Waals surface area (Å²) in [5, 5.41) is 10.3. The van der Waals surface area contributed by atoms with Gasteiger partial charge in [0.2, 0.25) is 0 Å². The summed E-state index contributed by atoms with van der Waals surface area (Å²) in [6.07, 6.45) is 4.32. The van der Waals surface area contributed by atoms with Crippen LogP contribution in [-0.4, -0.2) is 29.8 Å². The highest BCUT2D eigenvalue weighted by atomic mass is 16.5. The van der Waals surface area contributed by atoms with E-state index in [0.717, 1.165) is 43.0 Å². The number of benzene rings is 1. The van der Waals surface area contributed by atoms with Crippen LogP contribution in [0.4, 0.5) is 5.69 Å². The Labute approximate surface area is 125 Å². The van der Waals surface area contributed by atoms with E-state index in [2.05, 4.69) is 6.92 Å². The van der Waals surface area contributed by atoms with Gasteiger partial charge < -0.3 is 14.7 Å². The molecule has 1 amide bonds. The molecule has 114 valence electrons. The lowest BCUT2D eigenvalue weighted by Gasteiger charge is -2.58. The van der Waals surface area contributed by atoms with E-state index in [0.29, 0.717) is 0 Å². The molecule has 1 aromatic rings. The van der Waals surface area contributed by atoms with Crippen LogP contribution in [0.3, 0.4) is 0 Å². The molecule has 3 rings (SSSR count). The summed E-state index contributed by atoms with van der Waals surface area (Å²) < 4.78 is 5.16. The molecule has 1 aliphatic carbocycles. The third kappa shape index (κ3) is 2.13. The highest BCUT2D eigenvalue weighted by Crippen LogP contribution is 2.48. The number of carbonyl (C=O) groups is 1. The Balaban J connectivity index is 1.84. The van der Waals surface area contributed by atoms with Gasteiger partial charge in [-0.25, -0.2) is 0 Å². The summed E-state index contributed by atoms with van der Waals surface area (Å²) in [6, 6.07) is 7.52. The van der Waals surface area contributed by atoms with E-state index < -0.39 is 6.10 Å². The predicted octanol–water partition coefficient (Wildman–Crippen LogP) is 2.74. The Morgan fingerprint density at radius 3 is 2.43 bits per heavy atom. The van der Waals surface area contributed by atoms with Gasteiger partial charge in [-0.3, -0.25) is 4.79 Å². The zero-order chi connectivity index (χ0) is 15.0. The maximum Gasteiger partial charge on any atom is 0.258 e. The number of hydrogen-bond donors (Lipinski definition) is 1. The number of aliphatic hydroxyl groups excluding tert-OH is 1. The van der Waals surface area contributed by atoms with Crippen molar-refractivity contribution in [3.63, 3.8) is 0 Å². The minimum atomic E-state index is -0.836. The minimum absolute atomic E-state index is 0.171. The molecular formula is C17H23NO3. The fraction of sp³-hybridized carbons (Fsp3) is 0.588. The lowest BCUT2D eigenvalue weighted by Crippen LogP contribution is -2.75. The molecule has 1 saturated carbocycles. The van der Waals surface area contributed by atoms with Gasteiger partial charge in [0, 0.05) is 5.69 Å². The first-order chi connectivity index (χ1) is 10.1. The van der Waals surface area contributed by atoms with E-state index in [9.17, 15) is 9.90 Å². The molecule has 0 unspecified atom stereocenters.